The summed E-state index contributed by atoms with van der Waals surface area (Å²) in [7, 11) is -5.66. The number of ether oxygens (including phenoxy) is 2. The maximum Gasteiger partial charge on any atom is 0.402 e. The number of esters is 2. The summed E-state index contributed by atoms with van der Waals surface area (Å²) < 4.78 is 66.5. The maximum absolute atomic E-state index is 13.4. The highest BCUT2D eigenvalue weighted by molar-refractivity contribution is 7.86. The SMILES string of the molecule is C=C(C)C(=O)OCCC1CC2CCCC(C(=O)OCC(F)(F)S(=O)(=O)O)(C2)C1. The molecular weight excluding hydrogens is 398 g/mol. The van der Waals surface area contributed by atoms with Crippen LogP contribution < -0.4 is 0 Å². The van der Waals surface area contributed by atoms with E-state index in [2.05, 4.69) is 11.3 Å². The summed E-state index contributed by atoms with van der Waals surface area (Å²) in [6.07, 6.45) is 4.44. The van der Waals surface area contributed by atoms with Crippen molar-refractivity contribution in [2.75, 3.05) is 13.2 Å². The Morgan fingerprint density at radius 2 is 1.96 bits per heavy atom. The molecule has 0 radical (unpaired) electrons. The van der Waals surface area contributed by atoms with Gasteiger partial charge >= 0.3 is 27.3 Å². The Bertz CT molecular complexity index is 734. The predicted octanol–water partition coefficient (Wildman–Crippen LogP) is 3.11. The molecule has 1 N–H and O–H groups in total. The van der Waals surface area contributed by atoms with Crippen molar-refractivity contribution in [2.24, 2.45) is 17.3 Å². The lowest BCUT2D eigenvalue weighted by molar-refractivity contribution is -0.170. The molecule has 3 unspecified atom stereocenters. The van der Waals surface area contributed by atoms with Crippen molar-refractivity contribution in [2.45, 2.75) is 57.1 Å². The Morgan fingerprint density at radius 3 is 2.57 bits per heavy atom. The zero-order valence-corrected chi connectivity index (χ0v) is 16.6. The average Bonchev–Trinajstić information content (AvgIpc) is 2.58. The monoisotopic (exact) mass is 424 g/mol. The fraction of sp³-hybridized carbons (Fsp3) is 0.778. The van der Waals surface area contributed by atoms with E-state index in [0.29, 0.717) is 31.3 Å². The fourth-order valence-electron chi connectivity index (χ4n) is 4.29. The zero-order chi connectivity index (χ0) is 21.2. The van der Waals surface area contributed by atoms with E-state index in [1.54, 1.807) is 6.92 Å². The molecule has 0 amide bonds. The minimum Gasteiger partial charge on any atom is -0.462 e. The lowest BCUT2D eigenvalue weighted by atomic mass is 9.58. The molecule has 3 atom stereocenters. The van der Waals surface area contributed by atoms with Gasteiger partial charge in [-0.2, -0.15) is 17.2 Å². The Hall–Kier alpha value is -1.55. The van der Waals surface area contributed by atoms with E-state index in [0.717, 1.165) is 19.3 Å². The van der Waals surface area contributed by atoms with Crippen LogP contribution >= 0.6 is 0 Å². The molecule has 0 aromatic rings. The van der Waals surface area contributed by atoms with Gasteiger partial charge in [-0.25, -0.2) is 4.79 Å². The summed E-state index contributed by atoms with van der Waals surface area (Å²) in [5.74, 6) is -1.05. The van der Waals surface area contributed by atoms with Crippen LogP contribution in [0.15, 0.2) is 12.2 Å². The van der Waals surface area contributed by atoms with Gasteiger partial charge in [-0.15, -0.1) is 0 Å². The van der Waals surface area contributed by atoms with E-state index in [1.165, 1.54) is 0 Å². The number of fused-ring (bicyclic) bond motifs is 2. The molecule has 2 rings (SSSR count). The number of alkyl halides is 2. The van der Waals surface area contributed by atoms with Gasteiger partial charge < -0.3 is 9.47 Å². The molecular formula is C18H26F2O7S. The molecule has 2 aliphatic carbocycles. The summed E-state index contributed by atoms with van der Waals surface area (Å²) in [4.78, 5) is 24.1. The molecule has 0 spiro atoms. The number of rotatable bonds is 8. The van der Waals surface area contributed by atoms with Crippen LogP contribution in [0, 0.1) is 17.3 Å². The third-order valence-electron chi connectivity index (χ3n) is 5.58. The first-order valence-electron chi connectivity index (χ1n) is 9.21. The summed E-state index contributed by atoms with van der Waals surface area (Å²) in [6.45, 7) is 3.51. The third kappa shape index (κ3) is 5.28. The smallest absolute Gasteiger partial charge is 0.402 e. The third-order valence-corrected chi connectivity index (χ3v) is 6.46. The first-order valence-corrected chi connectivity index (χ1v) is 10.6. The van der Waals surface area contributed by atoms with Gasteiger partial charge in [0.2, 0.25) is 0 Å². The van der Waals surface area contributed by atoms with Gasteiger partial charge in [-0.1, -0.05) is 19.4 Å². The Balaban J connectivity index is 1.99. The fourth-order valence-corrected chi connectivity index (χ4v) is 4.49. The molecule has 0 saturated heterocycles. The highest BCUT2D eigenvalue weighted by Crippen LogP contribution is 2.52. The first-order chi connectivity index (χ1) is 12.9. The second kappa shape index (κ2) is 8.44. The molecule has 7 nitrogen and oxygen atoms in total. The number of carbonyl (C=O) groups is 2. The van der Waals surface area contributed by atoms with E-state index < -0.39 is 39.3 Å². The van der Waals surface area contributed by atoms with E-state index in [9.17, 15) is 26.8 Å². The summed E-state index contributed by atoms with van der Waals surface area (Å²) in [5.41, 5.74) is -0.653. The molecule has 160 valence electrons. The standard InChI is InChI=1S/C18H26F2O7S/c1-12(2)15(21)26-7-5-14-8-13-4-3-6-17(9-13,10-14)16(22)27-11-18(19,20)28(23,24)25/h13-14H,1,3-11H2,2H3,(H,23,24,25). The van der Waals surface area contributed by atoms with Gasteiger partial charge in [-0.3, -0.25) is 9.35 Å². The topological polar surface area (TPSA) is 107 Å². The second-order valence-electron chi connectivity index (χ2n) is 7.94. The molecule has 28 heavy (non-hydrogen) atoms. The quantitative estimate of drug-likeness (QED) is 0.362. The van der Waals surface area contributed by atoms with Gasteiger partial charge in [0.1, 0.15) is 0 Å². The van der Waals surface area contributed by atoms with Crippen molar-refractivity contribution >= 4 is 22.1 Å². The molecule has 0 aromatic heterocycles. The van der Waals surface area contributed by atoms with Crippen molar-refractivity contribution in [3.05, 3.63) is 12.2 Å². The van der Waals surface area contributed by atoms with Crippen molar-refractivity contribution < 1.29 is 40.8 Å². The van der Waals surface area contributed by atoms with Crippen LogP contribution in [-0.4, -0.2) is 43.4 Å². The van der Waals surface area contributed by atoms with Gasteiger partial charge in [0.25, 0.3) is 0 Å². The van der Waals surface area contributed by atoms with Crippen LogP contribution in [0.3, 0.4) is 0 Å². The van der Waals surface area contributed by atoms with Crippen LogP contribution in [0.5, 0.6) is 0 Å². The Kier molecular flexibility index (Phi) is 6.86. The zero-order valence-electron chi connectivity index (χ0n) is 15.8. The molecule has 10 heteroatoms. The van der Waals surface area contributed by atoms with Gasteiger partial charge in [0.15, 0.2) is 6.61 Å². The van der Waals surface area contributed by atoms with Gasteiger partial charge in [-0.05, 0) is 50.9 Å². The summed E-state index contributed by atoms with van der Waals surface area (Å²) in [6, 6.07) is 0. The molecule has 0 aliphatic heterocycles. The summed E-state index contributed by atoms with van der Waals surface area (Å²) >= 11 is 0. The maximum atomic E-state index is 13.4. The van der Waals surface area contributed by atoms with Crippen molar-refractivity contribution in [3.63, 3.8) is 0 Å². The number of hydrogen-bond donors (Lipinski definition) is 1. The molecule has 2 saturated carbocycles. The Morgan fingerprint density at radius 1 is 1.29 bits per heavy atom. The highest BCUT2D eigenvalue weighted by Gasteiger charge is 2.51. The lowest BCUT2D eigenvalue weighted by Gasteiger charge is -2.46. The summed E-state index contributed by atoms with van der Waals surface area (Å²) in [5, 5.41) is -4.54. The van der Waals surface area contributed by atoms with E-state index in [1.807, 2.05) is 0 Å². The molecule has 2 fully saturated rings. The van der Waals surface area contributed by atoms with Crippen LogP contribution in [0.25, 0.3) is 0 Å². The minimum absolute atomic E-state index is 0.0617. The number of hydrogen-bond acceptors (Lipinski definition) is 6. The van der Waals surface area contributed by atoms with E-state index in [-0.39, 0.29) is 18.4 Å². The van der Waals surface area contributed by atoms with E-state index >= 15 is 0 Å². The number of halogens is 2. The predicted molar refractivity (Wildman–Crippen MR) is 95.0 cm³/mol. The molecule has 0 aromatic carbocycles. The normalized spacial score (nSPS) is 27.7. The van der Waals surface area contributed by atoms with Crippen LogP contribution in [0.2, 0.25) is 0 Å². The average molecular weight is 424 g/mol. The first kappa shape index (κ1) is 22.7. The van der Waals surface area contributed by atoms with Gasteiger partial charge in [0.05, 0.1) is 12.0 Å². The van der Waals surface area contributed by atoms with Gasteiger partial charge in [0, 0.05) is 5.57 Å². The van der Waals surface area contributed by atoms with Crippen LogP contribution in [0.4, 0.5) is 8.78 Å². The second-order valence-corrected chi connectivity index (χ2v) is 9.49. The number of carbonyl (C=O) groups excluding carboxylic acids is 2. The lowest BCUT2D eigenvalue weighted by Crippen LogP contribution is -2.45. The Labute approximate surface area is 163 Å². The van der Waals surface area contributed by atoms with E-state index in [4.69, 9.17) is 9.29 Å². The molecule has 2 aliphatic rings. The van der Waals surface area contributed by atoms with Crippen LogP contribution in [0.1, 0.15) is 51.9 Å². The van der Waals surface area contributed by atoms with Crippen LogP contribution in [-0.2, 0) is 29.2 Å². The van der Waals surface area contributed by atoms with Crippen molar-refractivity contribution in [1.29, 1.82) is 0 Å². The van der Waals surface area contributed by atoms with Crippen molar-refractivity contribution in [3.8, 4) is 0 Å². The molecule has 0 heterocycles. The molecule has 2 bridgehead atoms. The largest absolute Gasteiger partial charge is 0.462 e. The van der Waals surface area contributed by atoms with Crippen molar-refractivity contribution in [1.82, 2.24) is 0 Å². The highest BCUT2D eigenvalue weighted by atomic mass is 32.2. The minimum atomic E-state index is -5.66.